The summed E-state index contributed by atoms with van der Waals surface area (Å²) in [5, 5.41) is 8.80. The first-order valence-electron chi connectivity index (χ1n) is 9.41. The van der Waals surface area contributed by atoms with Crippen molar-refractivity contribution in [1.82, 2.24) is 0 Å². The number of aryl methyl sites for hydroxylation is 2. The van der Waals surface area contributed by atoms with Crippen molar-refractivity contribution in [2.24, 2.45) is 0 Å². The molecule has 0 fully saturated rings. The minimum atomic E-state index is -0.608. The molecule has 2 rings (SSSR count). The standard InChI is InChI=1S/C23H24N2O4/c1-17-9-10-19(15-18(17)2)21(26)11-12-23(28)29-16-22(27)25(14-6-13-24)20-7-4-3-5-8-20/h3-5,7-10,15H,6,11-12,14,16H2,1-2H3. The minimum Gasteiger partial charge on any atom is -0.456 e. The third-order valence-electron chi connectivity index (χ3n) is 4.56. The number of amides is 1. The van der Waals surface area contributed by atoms with E-state index < -0.39 is 18.5 Å². The number of rotatable bonds is 9. The van der Waals surface area contributed by atoms with Gasteiger partial charge in [-0.3, -0.25) is 14.4 Å². The number of benzene rings is 2. The fraction of sp³-hybridized carbons (Fsp3) is 0.304. The van der Waals surface area contributed by atoms with Crippen molar-refractivity contribution in [3.05, 3.63) is 65.2 Å². The Balaban J connectivity index is 1.86. The summed E-state index contributed by atoms with van der Waals surface area (Å²) in [6.45, 7) is 3.67. The lowest BCUT2D eigenvalue weighted by Gasteiger charge is -2.21. The van der Waals surface area contributed by atoms with Crippen LogP contribution in [-0.2, 0) is 14.3 Å². The highest BCUT2D eigenvalue weighted by molar-refractivity contribution is 5.98. The number of esters is 1. The van der Waals surface area contributed by atoms with Gasteiger partial charge in [0, 0.05) is 24.2 Å². The average Bonchev–Trinajstić information content (AvgIpc) is 2.73. The van der Waals surface area contributed by atoms with Crippen molar-refractivity contribution in [1.29, 1.82) is 5.26 Å². The lowest BCUT2D eigenvalue weighted by molar-refractivity contribution is -0.147. The van der Waals surface area contributed by atoms with Gasteiger partial charge in [-0.15, -0.1) is 0 Å². The molecule has 6 nitrogen and oxygen atoms in total. The molecule has 0 radical (unpaired) electrons. The first-order chi connectivity index (χ1) is 13.9. The van der Waals surface area contributed by atoms with Crippen molar-refractivity contribution in [2.45, 2.75) is 33.1 Å². The van der Waals surface area contributed by atoms with E-state index in [2.05, 4.69) is 0 Å². The van der Waals surface area contributed by atoms with E-state index in [-0.39, 0.29) is 31.6 Å². The van der Waals surface area contributed by atoms with Crippen LogP contribution in [0.25, 0.3) is 0 Å². The molecule has 0 saturated carbocycles. The summed E-state index contributed by atoms with van der Waals surface area (Å²) in [6.07, 6.45) is 0.0912. The number of carbonyl (C=O) groups is 3. The lowest BCUT2D eigenvalue weighted by Crippen LogP contribution is -2.35. The molecule has 0 aromatic heterocycles. The summed E-state index contributed by atoms with van der Waals surface area (Å²) in [7, 11) is 0. The molecule has 0 saturated heterocycles. The van der Waals surface area contributed by atoms with E-state index in [0.29, 0.717) is 11.3 Å². The van der Waals surface area contributed by atoms with E-state index >= 15 is 0 Å². The summed E-state index contributed by atoms with van der Waals surface area (Å²) in [6, 6.07) is 16.3. The van der Waals surface area contributed by atoms with Crippen molar-refractivity contribution < 1.29 is 19.1 Å². The zero-order valence-corrected chi connectivity index (χ0v) is 16.7. The van der Waals surface area contributed by atoms with Gasteiger partial charge in [0.05, 0.1) is 18.9 Å². The Morgan fingerprint density at radius 2 is 1.72 bits per heavy atom. The highest BCUT2D eigenvalue weighted by atomic mass is 16.5. The second-order valence-corrected chi connectivity index (χ2v) is 6.67. The summed E-state index contributed by atoms with van der Waals surface area (Å²) in [5.74, 6) is -1.17. The number of Topliss-reactive ketones (excluding diaryl/α,β-unsaturated/α-hetero) is 1. The highest BCUT2D eigenvalue weighted by Gasteiger charge is 2.18. The Morgan fingerprint density at radius 3 is 2.38 bits per heavy atom. The maximum absolute atomic E-state index is 12.5. The molecule has 0 heterocycles. The average molecular weight is 392 g/mol. The number of carbonyl (C=O) groups excluding carboxylic acids is 3. The molecule has 0 spiro atoms. The van der Waals surface area contributed by atoms with Gasteiger partial charge in [0.15, 0.2) is 12.4 Å². The number of para-hydroxylation sites is 1. The molecule has 2 aromatic rings. The highest BCUT2D eigenvalue weighted by Crippen LogP contribution is 2.15. The molecule has 150 valence electrons. The normalized spacial score (nSPS) is 10.1. The van der Waals surface area contributed by atoms with E-state index in [1.807, 2.05) is 32.0 Å². The molecule has 0 aliphatic carbocycles. The quantitative estimate of drug-likeness (QED) is 0.479. The third-order valence-corrected chi connectivity index (χ3v) is 4.56. The van der Waals surface area contributed by atoms with Gasteiger partial charge < -0.3 is 9.64 Å². The molecule has 0 aliphatic rings. The SMILES string of the molecule is Cc1ccc(C(=O)CCC(=O)OCC(=O)N(CCC#N)c2ccccc2)cc1C. The van der Waals surface area contributed by atoms with Gasteiger partial charge in [-0.2, -0.15) is 5.26 Å². The topological polar surface area (TPSA) is 87.5 Å². The fourth-order valence-electron chi connectivity index (χ4n) is 2.73. The molecule has 0 bridgehead atoms. The number of ether oxygens (including phenoxy) is 1. The van der Waals surface area contributed by atoms with E-state index in [1.54, 1.807) is 36.4 Å². The lowest BCUT2D eigenvalue weighted by atomic mass is 10.0. The smallest absolute Gasteiger partial charge is 0.306 e. The molecule has 1 amide bonds. The first kappa shape index (κ1) is 21.8. The molecule has 0 unspecified atom stereocenters. The number of hydrogen-bond acceptors (Lipinski definition) is 5. The van der Waals surface area contributed by atoms with Crippen LogP contribution in [0, 0.1) is 25.2 Å². The summed E-state index contributed by atoms with van der Waals surface area (Å²) < 4.78 is 5.05. The van der Waals surface area contributed by atoms with Crippen LogP contribution in [0.2, 0.25) is 0 Å². The Morgan fingerprint density at radius 1 is 1.00 bits per heavy atom. The number of nitrogens with zero attached hydrogens (tertiary/aromatic N) is 2. The van der Waals surface area contributed by atoms with E-state index in [9.17, 15) is 14.4 Å². The predicted octanol–water partition coefficient (Wildman–Crippen LogP) is 3.76. The Kier molecular flexibility index (Phi) is 8.11. The summed E-state index contributed by atoms with van der Waals surface area (Å²) in [4.78, 5) is 38.1. The van der Waals surface area contributed by atoms with Crippen LogP contribution < -0.4 is 4.90 Å². The van der Waals surface area contributed by atoms with Crippen LogP contribution in [0.1, 0.15) is 40.7 Å². The van der Waals surface area contributed by atoms with E-state index in [0.717, 1.165) is 11.1 Å². The molecule has 2 aromatic carbocycles. The molecular formula is C23H24N2O4. The van der Waals surface area contributed by atoms with Gasteiger partial charge in [0.1, 0.15) is 0 Å². The van der Waals surface area contributed by atoms with Crippen molar-refractivity contribution in [3.63, 3.8) is 0 Å². The first-order valence-corrected chi connectivity index (χ1v) is 9.41. The second kappa shape index (κ2) is 10.8. The maximum atomic E-state index is 12.5. The monoisotopic (exact) mass is 392 g/mol. The third kappa shape index (κ3) is 6.58. The number of nitriles is 1. The molecular weight excluding hydrogens is 368 g/mol. The number of hydrogen-bond donors (Lipinski definition) is 0. The van der Waals surface area contributed by atoms with Crippen molar-refractivity contribution in [3.8, 4) is 6.07 Å². The largest absolute Gasteiger partial charge is 0.456 e. The van der Waals surface area contributed by atoms with Gasteiger partial charge in [-0.1, -0.05) is 30.3 Å². The van der Waals surface area contributed by atoms with Crippen LogP contribution in [0.5, 0.6) is 0 Å². The van der Waals surface area contributed by atoms with Crippen LogP contribution in [0.4, 0.5) is 5.69 Å². The van der Waals surface area contributed by atoms with E-state index in [4.69, 9.17) is 10.00 Å². The molecule has 6 heteroatoms. The molecule has 0 aliphatic heterocycles. The van der Waals surface area contributed by atoms with Crippen LogP contribution in [-0.4, -0.2) is 30.8 Å². The molecule has 0 N–H and O–H groups in total. The van der Waals surface area contributed by atoms with Gasteiger partial charge in [-0.25, -0.2) is 0 Å². The predicted molar refractivity (Wildman–Crippen MR) is 109 cm³/mol. The minimum absolute atomic E-state index is 0.0202. The summed E-state index contributed by atoms with van der Waals surface area (Å²) in [5.41, 5.74) is 3.30. The maximum Gasteiger partial charge on any atom is 0.306 e. The van der Waals surface area contributed by atoms with Crippen LogP contribution in [0.3, 0.4) is 0 Å². The van der Waals surface area contributed by atoms with Crippen molar-refractivity contribution >= 4 is 23.3 Å². The Bertz CT molecular complexity index is 916. The second-order valence-electron chi connectivity index (χ2n) is 6.67. The van der Waals surface area contributed by atoms with Gasteiger partial charge >= 0.3 is 5.97 Å². The van der Waals surface area contributed by atoms with Crippen molar-refractivity contribution in [2.75, 3.05) is 18.1 Å². The van der Waals surface area contributed by atoms with Gasteiger partial charge in [0.2, 0.25) is 0 Å². The fourth-order valence-corrected chi connectivity index (χ4v) is 2.73. The zero-order chi connectivity index (χ0) is 21.2. The molecule has 0 atom stereocenters. The summed E-state index contributed by atoms with van der Waals surface area (Å²) >= 11 is 0. The van der Waals surface area contributed by atoms with Crippen LogP contribution >= 0.6 is 0 Å². The zero-order valence-electron chi connectivity index (χ0n) is 16.7. The number of anilines is 1. The van der Waals surface area contributed by atoms with Crippen LogP contribution in [0.15, 0.2) is 48.5 Å². The Labute approximate surface area is 170 Å². The van der Waals surface area contributed by atoms with Gasteiger partial charge in [0.25, 0.3) is 5.91 Å². The van der Waals surface area contributed by atoms with E-state index in [1.165, 1.54) is 4.90 Å². The van der Waals surface area contributed by atoms with Gasteiger partial charge in [-0.05, 0) is 43.2 Å². The molecule has 29 heavy (non-hydrogen) atoms. The Hall–Kier alpha value is -3.46. The number of ketones is 1.